The van der Waals surface area contributed by atoms with E-state index in [1.54, 1.807) is 0 Å². The van der Waals surface area contributed by atoms with Crippen molar-refractivity contribution in [3.8, 4) is 0 Å². The Hall–Kier alpha value is -1.44. The van der Waals surface area contributed by atoms with Gasteiger partial charge < -0.3 is 5.32 Å². The van der Waals surface area contributed by atoms with Crippen molar-refractivity contribution in [1.29, 1.82) is 0 Å². The maximum Gasteiger partial charge on any atom is 0.240 e. The summed E-state index contributed by atoms with van der Waals surface area (Å²) >= 11 is 0. The van der Waals surface area contributed by atoms with Gasteiger partial charge in [0.05, 0.1) is 5.69 Å². The summed E-state index contributed by atoms with van der Waals surface area (Å²) in [5.74, 6) is 0. The molecule has 0 unspecified atom stereocenters. The molecule has 0 spiro atoms. The van der Waals surface area contributed by atoms with E-state index in [0.717, 1.165) is 13.1 Å². The minimum atomic E-state index is 0.687. The lowest BCUT2D eigenvalue weighted by Gasteiger charge is -1.96. The second-order valence-corrected chi connectivity index (χ2v) is 2.76. The van der Waals surface area contributed by atoms with Gasteiger partial charge in [-0.05, 0) is 23.3 Å². The SMILES string of the molecule is O=C=Nc1ccc2c(c1)CNC2. The molecule has 3 nitrogen and oxygen atoms in total. The Morgan fingerprint density at radius 3 is 3.00 bits per heavy atom. The van der Waals surface area contributed by atoms with Gasteiger partial charge in [-0.15, -0.1) is 0 Å². The van der Waals surface area contributed by atoms with Crippen LogP contribution in [0.3, 0.4) is 0 Å². The maximum atomic E-state index is 9.97. The number of isocyanates is 1. The van der Waals surface area contributed by atoms with E-state index in [4.69, 9.17) is 0 Å². The molecule has 0 aliphatic carbocycles. The van der Waals surface area contributed by atoms with Gasteiger partial charge >= 0.3 is 0 Å². The average molecular weight is 160 g/mol. The predicted molar refractivity (Wildman–Crippen MR) is 44.8 cm³/mol. The Kier molecular flexibility index (Phi) is 1.74. The molecule has 0 fully saturated rings. The number of carbonyl (C=O) groups excluding carboxylic acids is 1. The number of aliphatic imine (C=N–C) groups is 1. The zero-order valence-electron chi connectivity index (χ0n) is 6.50. The van der Waals surface area contributed by atoms with Crippen LogP contribution >= 0.6 is 0 Å². The molecule has 0 saturated heterocycles. The largest absolute Gasteiger partial charge is 0.309 e. The van der Waals surface area contributed by atoms with Gasteiger partial charge in [-0.2, -0.15) is 4.99 Å². The van der Waals surface area contributed by atoms with Crippen molar-refractivity contribution in [3.05, 3.63) is 29.3 Å². The summed E-state index contributed by atoms with van der Waals surface area (Å²) in [6, 6.07) is 5.74. The Morgan fingerprint density at radius 1 is 1.33 bits per heavy atom. The summed E-state index contributed by atoms with van der Waals surface area (Å²) in [5, 5.41) is 3.22. The van der Waals surface area contributed by atoms with Crippen molar-refractivity contribution in [3.63, 3.8) is 0 Å². The first kappa shape index (κ1) is 7.22. The average Bonchev–Trinajstić information content (AvgIpc) is 2.51. The number of nitrogens with one attached hydrogen (secondary N) is 1. The highest BCUT2D eigenvalue weighted by Gasteiger charge is 2.09. The van der Waals surface area contributed by atoms with Crippen LogP contribution in [-0.4, -0.2) is 6.08 Å². The molecule has 1 heterocycles. The predicted octanol–water partition coefficient (Wildman–Crippen LogP) is 1.26. The summed E-state index contributed by atoms with van der Waals surface area (Å²) in [6.07, 6.45) is 1.53. The number of hydrogen-bond acceptors (Lipinski definition) is 3. The van der Waals surface area contributed by atoms with E-state index in [-0.39, 0.29) is 0 Å². The first-order chi connectivity index (χ1) is 5.90. The number of rotatable bonds is 1. The zero-order valence-corrected chi connectivity index (χ0v) is 6.50. The fourth-order valence-electron chi connectivity index (χ4n) is 1.40. The van der Waals surface area contributed by atoms with Crippen molar-refractivity contribution in [2.45, 2.75) is 13.1 Å². The number of nitrogens with zero attached hydrogens (tertiary/aromatic N) is 1. The number of benzene rings is 1. The molecule has 0 radical (unpaired) electrons. The first-order valence-electron chi connectivity index (χ1n) is 3.80. The minimum absolute atomic E-state index is 0.687. The fourth-order valence-corrected chi connectivity index (χ4v) is 1.40. The van der Waals surface area contributed by atoms with E-state index in [2.05, 4.69) is 10.3 Å². The standard InChI is InChI=1S/C9H8N2O/c12-6-11-9-2-1-7-4-10-5-8(7)3-9/h1-3,10H,4-5H2. The molecule has 0 atom stereocenters. The van der Waals surface area contributed by atoms with E-state index in [1.807, 2.05) is 18.2 Å². The first-order valence-corrected chi connectivity index (χ1v) is 3.80. The maximum absolute atomic E-state index is 9.97. The molecule has 0 bridgehead atoms. The topological polar surface area (TPSA) is 41.5 Å². The molecule has 1 aromatic rings. The van der Waals surface area contributed by atoms with Gasteiger partial charge in [0.15, 0.2) is 0 Å². The van der Waals surface area contributed by atoms with Crippen LogP contribution in [0, 0.1) is 0 Å². The van der Waals surface area contributed by atoms with Crippen LogP contribution in [-0.2, 0) is 17.9 Å². The van der Waals surface area contributed by atoms with Crippen molar-refractivity contribution in [2.24, 2.45) is 4.99 Å². The third-order valence-electron chi connectivity index (χ3n) is 2.00. The molecule has 60 valence electrons. The van der Waals surface area contributed by atoms with Crippen LogP contribution in [0.2, 0.25) is 0 Å². The lowest BCUT2D eigenvalue weighted by atomic mass is 10.1. The quantitative estimate of drug-likeness (QED) is 0.496. The molecule has 12 heavy (non-hydrogen) atoms. The summed E-state index contributed by atoms with van der Waals surface area (Å²) in [4.78, 5) is 13.5. The summed E-state index contributed by atoms with van der Waals surface area (Å²) in [6.45, 7) is 1.79. The summed E-state index contributed by atoms with van der Waals surface area (Å²) in [7, 11) is 0. The van der Waals surface area contributed by atoms with Crippen LogP contribution in [0.25, 0.3) is 0 Å². The van der Waals surface area contributed by atoms with Crippen LogP contribution in [0.5, 0.6) is 0 Å². The Morgan fingerprint density at radius 2 is 2.17 bits per heavy atom. The van der Waals surface area contributed by atoms with Crippen LogP contribution < -0.4 is 5.32 Å². The minimum Gasteiger partial charge on any atom is -0.309 e. The number of fused-ring (bicyclic) bond motifs is 1. The van der Waals surface area contributed by atoms with Gasteiger partial charge in [0, 0.05) is 13.1 Å². The lowest BCUT2D eigenvalue weighted by molar-refractivity contribution is 0.565. The van der Waals surface area contributed by atoms with Crippen LogP contribution in [0.4, 0.5) is 5.69 Å². The highest BCUT2D eigenvalue weighted by molar-refractivity contribution is 5.52. The van der Waals surface area contributed by atoms with E-state index in [9.17, 15) is 4.79 Å². The van der Waals surface area contributed by atoms with E-state index in [0.29, 0.717) is 5.69 Å². The Labute approximate surface area is 70.1 Å². The van der Waals surface area contributed by atoms with Crippen LogP contribution in [0.1, 0.15) is 11.1 Å². The molecule has 3 heteroatoms. The van der Waals surface area contributed by atoms with Crippen molar-refractivity contribution >= 4 is 11.8 Å². The smallest absolute Gasteiger partial charge is 0.240 e. The second-order valence-electron chi connectivity index (χ2n) is 2.76. The second kappa shape index (κ2) is 2.89. The van der Waals surface area contributed by atoms with Gasteiger partial charge in [-0.3, -0.25) is 0 Å². The molecular formula is C9H8N2O. The molecule has 1 aromatic carbocycles. The molecule has 0 saturated carbocycles. The highest BCUT2D eigenvalue weighted by Crippen LogP contribution is 2.21. The van der Waals surface area contributed by atoms with Crippen molar-refractivity contribution in [1.82, 2.24) is 5.32 Å². The molecule has 1 aliphatic rings. The number of hydrogen-bond donors (Lipinski definition) is 1. The summed E-state index contributed by atoms with van der Waals surface area (Å²) in [5.41, 5.74) is 3.21. The molecule has 2 rings (SSSR count). The van der Waals surface area contributed by atoms with Gasteiger partial charge in [0.1, 0.15) is 0 Å². The normalized spacial score (nSPS) is 13.7. The molecule has 1 aliphatic heterocycles. The van der Waals surface area contributed by atoms with Gasteiger partial charge in [-0.1, -0.05) is 6.07 Å². The Balaban J connectivity index is 2.45. The molecule has 1 N–H and O–H groups in total. The fraction of sp³-hybridized carbons (Fsp3) is 0.222. The van der Waals surface area contributed by atoms with Crippen molar-refractivity contribution < 1.29 is 4.79 Å². The van der Waals surface area contributed by atoms with E-state index >= 15 is 0 Å². The van der Waals surface area contributed by atoms with Gasteiger partial charge in [0.2, 0.25) is 6.08 Å². The van der Waals surface area contributed by atoms with Gasteiger partial charge in [-0.25, -0.2) is 4.79 Å². The van der Waals surface area contributed by atoms with Crippen LogP contribution in [0.15, 0.2) is 23.2 Å². The third kappa shape index (κ3) is 1.16. The summed E-state index contributed by atoms with van der Waals surface area (Å²) < 4.78 is 0. The molecular weight excluding hydrogens is 152 g/mol. The monoisotopic (exact) mass is 160 g/mol. The van der Waals surface area contributed by atoms with E-state index in [1.165, 1.54) is 17.2 Å². The van der Waals surface area contributed by atoms with Gasteiger partial charge in [0.25, 0.3) is 0 Å². The van der Waals surface area contributed by atoms with Crippen molar-refractivity contribution in [2.75, 3.05) is 0 Å². The van der Waals surface area contributed by atoms with E-state index < -0.39 is 0 Å². The molecule has 0 amide bonds. The molecule has 0 aromatic heterocycles. The highest BCUT2D eigenvalue weighted by atomic mass is 16.1. The third-order valence-corrected chi connectivity index (χ3v) is 2.00. The lowest BCUT2D eigenvalue weighted by Crippen LogP contribution is -1.99. The zero-order chi connectivity index (χ0) is 8.39. The Bertz CT molecular complexity index is 354.